The highest BCUT2D eigenvalue weighted by molar-refractivity contribution is 7.89. The topological polar surface area (TPSA) is 66.5 Å². The molecule has 0 saturated carbocycles. The number of aryl methyl sites for hydroxylation is 2. The Labute approximate surface area is 138 Å². The van der Waals surface area contributed by atoms with Gasteiger partial charge in [0.1, 0.15) is 0 Å². The third kappa shape index (κ3) is 4.27. The number of hydrogen-bond acceptors (Lipinski definition) is 3. The summed E-state index contributed by atoms with van der Waals surface area (Å²) in [5.41, 5.74) is 1.80. The van der Waals surface area contributed by atoms with Gasteiger partial charge in [0.05, 0.1) is 4.90 Å². The van der Waals surface area contributed by atoms with Crippen molar-refractivity contribution < 1.29 is 26.4 Å². The van der Waals surface area contributed by atoms with E-state index in [0.717, 1.165) is 11.1 Å². The van der Waals surface area contributed by atoms with Gasteiger partial charge in [0.15, 0.2) is 0 Å². The average molecular weight is 364 g/mol. The SMILES string of the molecule is Cc1ccc(S(=O)(=O)NC2CCN(C(=O)C(F)(F)F)CC2)cc1C. The van der Waals surface area contributed by atoms with Gasteiger partial charge in [-0.15, -0.1) is 0 Å². The summed E-state index contributed by atoms with van der Waals surface area (Å²) in [4.78, 5) is 12.0. The predicted octanol–water partition coefficient (Wildman–Crippen LogP) is 2.14. The van der Waals surface area contributed by atoms with Crippen molar-refractivity contribution in [2.75, 3.05) is 13.1 Å². The number of benzene rings is 1. The number of carbonyl (C=O) groups excluding carboxylic acids is 1. The summed E-state index contributed by atoms with van der Waals surface area (Å²) in [6, 6.07) is 4.26. The Bertz CT molecular complexity index is 724. The van der Waals surface area contributed by atoms with Crippen LogP contribution in [0.15, 0.2) is 23.1 Å². The molecule has 1 aromatic rings. The molecule has 0 aromatic heterocycles. The van der Waals surface area contributed by atoms with Gasteiger partial charge in [0.25, 0.3) is 0 Å². The number of likely N-dealkylation sites (tertiary alicyclic amines) is 1. The molecule has 1 aromatic carbocycles. The molecule has 0 radical (unpaired) electrons. The van der Waals surface area contributed by atoms with Gasteiger partial charge in [-0.3, -0.25) is 4.79 Å². The quantitative estimate of drug-likeness (QED) is 0.894. The first-order valence-corrected chi connectivity index (χ1v) is 8.95. The van der Waals surface area contributed by atoms with Gasteiger partial charge in [-0.1, -0.05) is 6.07 Å². The lowest BCUT2D eigenvalue weighted by Crippen LogP contribution is -2.49. The highest BCUT2D eigenvalue weighted by Gasteiger charge is 2.43. The average Bonchev–Trinajstić information content (AvgIpc) is 2.48. The lowest BCUT2D eigenvalue weighted by Gasteiger charge is -2.32. The summed E-state index contributed by atoms with van der Waals surface area (Å²) in [6.45, 7) is 3.42. The number of hydrogen-bond donors (Lipinski definition) is 1. The molecule has 0 unspecified atom stereocenters. The van der Waals surface area contributed by atoms with Crippen molar-refractivity contribution in [3.05, 3.63) is 29.3 Å². The number of nitrogens with zero attached hydrogens (tertiary/aromatic N) is 1. The third-order valence-electron chi connectivity index (χ3n) is 4.14. The molecular weight excluding hydrogens is 345 g/mol. The van der Waals surface area contributed by atoms with Crippen molar-refractivity contribution in [1.29, 1.82) is 0 Å². The number of piperidine rings is 1. The molecule has 24 heavy (non-hydrogen) atoms. The van der Waals surface area contributed by atoms with Crippen LogP contribution in [0.4, 0.5) is 13.2 Å². The minimum Gasteiger partial charge on any atom is -0.335 e. The molecular formula is C15H19F3N2O3S. The molecule has 134 valence electrons. The van der Waals surface area contributed by atoms with Crippen LogP contribution in [0.2, 0.25) is 0 Å². The second-order valence-corrected chi connectivity index (χ2v) is 7.65. The summed E-state index contributed by atoms with van der Waals surface area (Å²) in [7, 11) is -3.74. The van der Waals surface area contributed by atoms with Crippen LogP contribution in [0.1, 0.15) is 24.0 Å². The van der Waals surface area contributed by atoms with Crippen LogP contribution in [-0.2, 0) is 14.8 Å². The van der Waals surface area contributed by atoms with E-state index in [1.54, 1.807) is 19.1 Å². The Morgan fingerprint density at radius 2 is 1.75 bits per heavy atom. The van der Waals surface area contributed by atoms with Gasteiger partial charge in [-0.05, 0) is 49.9 Å². The van der Waals surface area contributed by atoms with E-state index in [2.05, 4.69) is 4.72 Å². The molecule has 2 rings (SSSR count). The highest BCUT2D eigenvalue weighted by Crippen LogP contribution is 2.22. The number of carbonyl (C=O) groups is 1. The zero-order valence-electron chi connectivity index (χ0n) is 13.4. The van der Waals surface area contributed by atoms with Gasteiger partial charge in [0, 0.05) is 19.1 Å². The molecule has 1 fully saturated rings. The Morgan fingerprint density at radius 3 is 2.25 bits per heavy atom. The van der Waals surface area contributed by atoms with Crippen LogP contribution in [-0.4, -0.2) is 44.5 Å². The Kier molecular flexibility index (Phi) is 5.24. The van der Waals surface area contributed by atoms with Crippen molar-refractivity contribution in [3.63, 3.8) is 0 Å². The second kappa shape index (κ2) is 6.72. The number of halogens is 3. The molecule has 0 aliphatic carbocycles. The van der Waals surface area contributed by atoms with Gasteiger partial charge in [-0.2, -0.15) is 13.2 Å². The summed E-state index contributed by atoms with van der Waals surface area (Å²) in [6.07, 6.45) is -4.61. The summed E-state index contributed by atoms with van der Waals surface area (Å²) < 4.78 is 64.4. The lowest BCUT2D eigenvalue weighted by atomic mass is 10.1. The fourth-order valence-electron chi connectivity index (χ4n) is 2.55. The molecule has 0 bridgehead atoms. The minimum atomic E-state index is -4.90. The summed E-state index contributed by atoms with van der Waals surface area (Å²) >= 11 is 0. The molecule has 1 amide bonds. The fraction of sp³-hybridized carbons (Fsp3) is 0.533. The van der Waals surface area contributed by atoms with E-state index in [0.29, 0.717) is 4.90 Å². The molecule has 1 aliphatic rings. The number of sulfonamides is 1. The Hall–Kier alpha value is -1.61. The van der Waals surface area contributed by atoms with E-state index in [9.17, 15) is 26.4 Å². The van der Waals surface area contributed by atoms with Crippen molar-refractivity contribution >= 4 is 15.9 Å². The first-order valence-electron chi connectivity index (χ1n) is 7.46. The lowest BCUT2D eigenvalue weighted by molar-refractivity contribution is -0.186. The monoisotopic (exact) mass is 364 g/mol. The zero-order chi connectivity index (χ0) is 18.1. The molecule has 5 nitrogen and oxygen atoms in total. The van der Waals surface area contributed by atoms with E-state index < -0.39 is 28.1 Å². The van der Waals surface area contributed by atoms with E-state index in [-0.39, 0.29) is 30.8 Å². The standard InChI is InChI=1S/C15H19F3N2O3S/c1-10-3-4-13(9-11(10)2)24(22,23)19-12-5-7-20(8-6-12)14(21)15(16,17)18/h3-4,9,12,19H,5-8H2,1-2H3. The van der Waals surface area contributed by atoms with Crippen molar-refractivity contribution in [2.45, 2.75) is 43.8 Å². The third-order valence-corrected chi connectivity index (χ3v) is 5.65. The number of amides is 1. The maximum Gasteiger partial charge on any atom is 0.471 e. The first-order chi connectivity index (χ1) is 11.0. The van der Waals surface area contributed by atoms with Gasteiger partial charge in [0.2, 0.25) is 10.0 Å². The van der Waals surface area contributed by atoms with Crippen molar-refractivity contribution in [3.8, 4) is 0 Å². The highest BCUT2D eigenvalue weighted by atomic mass is 32.2. The van der Waals surface area contributed by atoms with E-state index in [1.807, 2.05) is 6.92 Å². The van der Waals surface area contributed by atoms with Crippen LogP contribution < -0.4 is 4.72 Å². The molecule has 0 atom stereocenters. The summed E-state index contributed by atoms with van der Waals surface area (Å²) in [5, 5.41) is 0. The second-order valence-electron chi connectivity index (χ2n) is 5.93. The largest absolute Gasteiger partial charge is 0.471 e. The normalized spacial score (nSPS) is 17.1. The van der Waals surface area contributed by atoms with Crippen LogP contribution in [0.5, 0.6) is 0 Å². The first kappa shape index (κ1) is 18.7. The number of alkyl halides is 3. The van der Waals surface area contributed by atoms with Crippen LogP contribution in [0, 0.1) is 13.8 Å². The molecule has 1 aliphatic heterocycles. The minimum absolute atomic E-state index is 0.124. The molecule has 0 spiro atoms. The zero-order valence-corrected chi connectivity index (χ0v) is 14.2. The molecule has 1 N–H and O–H groups in total. The maximum absolute atomic E-state index is 12.4. The van der Waals surface area contributed by atoms with E-state index in [1.165, 1.54) is 6.07 Å². The Balaban J connectivity index is 2.00. The van der Waals surface area contributed by atoms with Crippen LogP contribution >= 0.6 is 0 Å². The smallest absolute Gasteiger partial charge is 0.335 e. The number of nitrogens with one attached hydrogen (secondary N) is 1. The van der Waals surface area contributed by atoms with Gasteiger partial charge >= 0.3 is 12.1 Å². The predicted molar refractivity (Wildman–Crippen MR) is 81.9 cm³/mol. The fourth-order valence-corrected chi connectivity index (χ4v) is 3.94. The molecule has 1 saturated heterocycles. The molecule has 9 heteroatoms. The van der Waals surface area contributed by atoms with Gasteiger partial charge in [-0.25, -0.2) is 13.1 Å². The summed E-state index contributed by atoms with van der Waals surface area (Å²) in [5.74, 6) is -1.88. The van der Waals surface area contributed by atoms with Crippen molar-refractivity contribution in [1.82, 2.24) is 9.62 Å². The van der Waals surface area contributed by atoms with Crippen molar-refractivity contribution in [2.24, 2.45) is 0 Å². The Morgan fingerprint density at radius 1 is 1.17 bits per heavy atom. The van der Waals surface area contributed by atoms with E-state index in [4.69, 9.17) is 0 Å². The van der Waals surface area contributed by atoms with Crippen LogP contribution in [0.25, 0.3) is 0 Å². The van der Waals surface area contributed by atoms with E-state index >= 15 is 0 Å². The molecule has 1 heterocycles. The number of rotatable bonds is 3. The van der Waals surface area contributed by atoms with Gasteiger partial charge < -0.3 is 4.90 Å². The van der Waals surface area contributed by atoms with Crippen LogP contribution in [0.3, 0.4) is 0 Å². The maximum atomic E-state index is 12.4.